The zero-order valence-corrected chi connectivity index (χ0v) is 21.5. The normalized spacial score (nSPS) is 20.7. The van der Waals surface area contributed by atoms with E-state index in [-0.39, 0.29) is 11.3 Å². The highest BCUT2D eigenvalue weighted by Crippen LogP contribution is 2.49. The maximum atomic E-state index is 13.3. The van der Waals surface area contributed by atoms with Crippen molar-refractivity contribution in [2.24, 2.45) is 5.92 Å². The van der Waals surface area contributed by atoms with Crippen LogP contribution in [0, 0.1) is 12.8 Å². The summed E-state index contributed by atoms with van der Waals surface area (Å²) in [6.45, 7) is 8.19. The highest BCUT2D eigenvalue weighted by atomic mass is 16.3. The lowest BCUT2D eigenvalue weighted by Gasteiger charge is -2.26. The van der Waals surface area contributed by atoms with Crippen molar-refractivity contribution < 1.29 is 9.90 Å². The highest BCUT2D eigenvalue weighted by molar-refractivity contribution is 5.96. The van der Waals surface area contributed by atoms with Gasteiger partial charge in [0.1, 0.15) is 0 Å². The molecule has 0 unspecified atom stereocenters. The molecule has 3 saturated carbocycles. The number of benzene rings is 1. The van der Waals surface area contributed by atoms with Crippen LogP contribution in [0.5, 0.6) is 0 Å². The molecule has 34 heavy (non-hydrogen) atoms. The third-order valence-corrected chi connectivity index (χ3v) is 8.88. The molecule has 0 aliphatic heterocycles. The molecule has 5 rings (SSSR count). The van der Waals surface area contributed by atoms with E-state index < -0.39 is 5.60 Å². The van der Waals surface area contributed by atoms with Crippen LogP contribution in [0.3, 0.4) is 0 Å². The zero-order chi connectivity index (χ0) is 24.1. The van der Waals surface area contributed by atoms with Gasteiger partial charge in [-0.25, -0.2) is 0 Å². The minimum Gasteiger partial charge on any atom is -0.386 e. The third kappa shape index (κ3) is 4.71. The molecule has 1 amide bonds. The molecular formula is C30H42N2O2. The summed E-state index contributed by atoms with van der Waals surface area (Å²) < 4.78 is 2.28. The first-order valence-corrected chi connectivity index (χ1v) is 13.5. The van der Waals surface area contributed by atoms with Crippen molar-refractivity contribution in [2.75, 3.05) is 0 Å². The molecule has 0 atom stereocenters. The Morgan fingerprint density at radius 1 is 1.09 bits per heavy atom. The molecule has 1 aromatic heterocycles. The van der Waals surface area contributed by atoms with E-state index in [9.17, 15) is 9.90 Å². The molecule has 0 bridgehead atoms. The quantitative estimate of drug-likeness (QED) is 0.495. The van der Waals surface area contributed by atoms with Crippen LogP contribution in [0.15, 0.2) is 24.4 Å². The summed E-state index contributed by atoms with van der Waals surface area (Å²) in [5.74, 6) is 0.750. The van der Waals surface area contributed by atoms with Gasteiger partial charge in [0, 0.05) is 23.6 Å². The van der Waals surface area contributed by atoms with Crippen molar-refractivity contribution in [3.05, 3.63) is 52.3 Å². The molecule has 0 spiro atoms. The van der Waals surface area contributed by atoms with Crippen molar-refractivity contribution in [1.82, 2.24) is 9.88 Å². The van der Waals surface area contributed by atoms with Crippen molar-refractivity contribution in [3.63, 3.8) is 0 Å². The summed E-state index contributed by atoms with van der Waals surface area (Å²) in [6, 6.07) is 6.96. The van der Waals surface area contributed by atoms with Crippen LogP contribution in [0.25, 0.3) is 5.69 Å². The van der Waals surface area contributed by atoms with Gasteiger partial charge in [-0.1, -0.05) is 45.1 Å². The van der Waals surface area contributed by atoms with E-state index >= 15 is 0 Å². The first-order valence-electron chi connectivity index (χ1n) is 13.5. The van der Waals surface area contributed by atoms with Crippen LogP contribution < -0.4 is 5.32 Å². The number of nitrogens with one attached hydrogen (secondary N) is 1. The monoisotopic (exact) mass is 462 g/mol. The molecule has 1 aromatic carbocycles. The first-order chi connectivity index (χ1) is 16.1. The standard InChI is InChI=1S/C30H42N2O2/c1-20-26(28(33)31-24-11-8-12-24)19-32(27(20)15-21-9-6-5-7-10-21)25-17-22(29(2,3)34)16-23(18-25)30(4)13-14-30/h16-19,21,24,34H,5-15H2,1-4H3,(H,31,33). The lowest BCUT2D eigenvalue weighted by molar-refractivity contribution is 0.0784. The Hall–Kier alpha value is -2.07. The summed E-state index contributed by atoms with van der Waals surface area (Å²) in [5.41, 5.74) is 5.82. The van der Waals surface area contributed by atoms with Crippen LogP contribution in [0.1, 0.15) is 118 Å². The first kappa shape index (κ1) is 23.7. The number of hydrogen-bond donors (Lipinski definition) is 2. The maximum Gasteiger partial charge on any atom is 0.253 e. The molecule has 4 heteroatoms. The smallest absolute Gasteiger partial charge is 0.253 e. The van der Waals surface area contributed by atoms with E-state index in [0.717, 1.165) is 41.6 Å². The molecule has 0 saturated heterocycles. The van der Waals surface area contributed by atoms with E-state index in [4.69, 9.17) is 0 Å². The van der Waals surface area contributed by atoms with Crippen molar-refractivity contribution in [3.8, 4) is 5.69 Å². The fourth-order valence-electron chi connectivity index (χ4n) is 5.76. The van der Waals surface area contributed by atoms with Crippen LogP contribution in [0.2, 0.25) is 0 Å². The Morgan fingerprint density at radius 3 is 2.38 bits per heavy atom. The van der Waals surface area contributed by atoms with Gasteiger partial charge in [0.15, 0.2) is 0 Å². The maximum absolute atomic E-state index is 13.3. The Balaban J connectivity index is 1.58. The Labute approximate surface area is 205 Å². The minimum absolute atomic E-state index is 0.0684. The molecule has 3 fully saturated rings. The van der Waals surface area contributed by atoms with Gasteiger partial charge in [0.05, 0.1) is 11.2 Å². The fourth-order valence-corrected chi connectivity index (χ4v) is 5.76. The molecule has 3 aliphatic rings. The van der Waals surface area contributed by atoms with Gasteiger partial charge in [0.25, 0.3) is 5.91 Å². The predicted octanol–water partition coefficient (Wildman–Crippen LogP) is 6.47. The summed E-state index contributed by atoms with van der Waals surface area (Å²) in [4.78, 5) is 13.3. The molecule has 2 N–H and O–H groups in total. The number of hydrogen-bond acceptors (Lipinski definition) is 2. The van der Waals surface area contributed by atoms with Gasteiger partial charge in [-0.15, -0.1) is 0 Å². The van der Waals surface area contributed by atoms with Crippen molar-refractivity contribution in [2.45, 2.75) is 115 Å². The molecule has 4 nitrogen and oxygen atoms in total. The SMILES string of the molecule is Cc1c(C(=O)NC2CCC2)cn(-c2cc(C(C)(C)O)cc(C3(C)CC3)c2)c1CC1CCCCC1. The third-order valence-electron chi connectivity index (χ3n) is 8.88. The van der Waals surface area contributed by atoms with E-state index in [2.05, 4.69) is 48.1 Å². The van der Waals surface area contributed by atoms with Gasteiger partial charge in [-0.3, -0.25) is 4.79 Å². The van der Waals surface area contributed by atoms with Gasteiger partial charge >= 0.3 is 0 Å². The van der Waals surface area contributed by atoms with E-state index in [0.29, 0.717) is 12.0 Å². The predicted molar refractivity (Wildman–Crippen MR) is 138 cm³/mol. The Bertz CT molecular complexity index is 1040. The summed E-state index contributed by atoms with van der Waals surface area (Å²) >= 11 is 0. The second kappa shape index (κ2) is 8.86. The second-order valence-electron chi connectivity index (χ2n) is 12.2. The average molecular weight is 463 g/mol. The summed E-state index contributed by atoms with van der Waals surface area (Å²) in [5, 5.41) is 14.2. The topological polar surface area (TPSA) is 54.3 Å². The number of amides is 1. The number of aliphatic hydroxyl groups is 1. The fraction of sp³-hybridized carbons (Fsp3) is 0.633. The lowest BCUT2D eigenvalue weighted by atomic mass is 9.85. The molecule has 184 valence electrons. The average Bonchev–Trinajstić information content (AvgIpc) is 3.45. The second-order valence-corrected chi connectivity index (χ2v) is 12.2. The molecule has 1 heterocycles. The van der Waals surface area contributed by atoms with E-state index in [1.807, 2.05) is 13.8 Å². The highest BCUT2D eigenvalue weighted by Gasteiger charge is 2.40. The van der Waals surface area contributed by atoms with E-state index in [1.165, 1.54) is 62.6 Å². The van der Waals surface area contributed by atoms with Crippen LogP contribution in [-0.2, 0) is 17.4 Å². The lowest BCUT2D eigenvalue weighted by Crippen LogP contribution is -2.39. The molecular weight excluding hydrogens is 420 g/mol. The Morgan fingerprint density at radius 2 is 1.79 bits per heavy atom. The van der Waals surface area contributed by atoms with Crippen molar-refractivity contribution in [1.29, 1.82) is 0 Å². The zero-order valence-electron chi connectivity index (χ0n) is 21.5. The largest absolute Gasteiger partial charge is 0.386 e. The van der Waals surface area contributed by atoms with E-state index in [1.54, 1.807) is 0 Å². The minimum atomic E-state index is -0.911. The molecule has 3 aliphatic carbocycles. The van der Waals surface area contributed by atoms with Gasteiger partial charge in [0.2, 0.25) is 0 Å². The summed E-state index contributed by atoms with van der Waals surface area (Å²) in [7, 11) is 0. The van der Waals surface area contributed by atoms with Gasteiger partial charge in [-0.2, -0.15) is 0 Å². The number of carbonyl (C=O) groups excluding carboxylic acids is 1. The van der Waals surface area contributed by atoms with Crippen LogP contribution in [-0.4, -0.2) is 21.6 Å². The molecule has 2 aromatic rings. The molecule has 0 radical (unpaired) electrons. The Kier molecular flexibility index (Phi) is 6.16. The van der Waals surface area contributed by atoms with Gasteiger partial charge in [-0.05, 0) is 99.5 Å². The number of rotatable bonds is 7. The van der Waals surface area contributed by atoms with Gasteiger partial charge < -0.3 is 15.0 Å². The number of carbonyl (C=O) groups is 1. The number of aromatic nitrogens is 1. The van der Waals surface area contributed by atoms with Crippen molar-refractivity contribution >= 4 is 5.91 Å². The summed E-state index contributed by atoms with van der Waals surface area (Å²) in [6.07, 6.45) is 15.4. The van der Waals surface area contributed by atoms with Crippen LogP contribution in [0.4, 0.5) is 0 Å². The number of nitrogens with zero attached hydrogens (tertiary/aromatic N) is 1. The van der Waals surface area contributed by atoms with Crippen LogP contribution >= 0.6 is 0 Å².